The second-order valence-electron chi connectivity index (χ2n) is 7.25. The number of rotatable bonds is 5. The lowest BCUT2D eigenvalue weighted by Crippen LogP contribution is -2.45. The van der Waals surface area contributed by atoms with Crippen LogP contribution in [0, 0.1) is 0 Å². The van der Waals surface area contributed by atoms with Gasteiger partial charge in [0.05, 0.1) is 6.04 Å². The maximum atomic E-state index is 12.3. The molecular formula is C18H29NO2. The molecule has 0 aromatic carbocycles. The first-order valence-corrected chi connectivity index (χ1v) is 8.22. The normalized spacial score (nSPS) is 24.7. The molecule has 2 aliphatic rings. The Labute approximate surface area is 129 Å². The van der Waals surface area contributed by atoms with Gasteiger partial charge in [-0.25, -0.2) is 4.79 Å². The van der Waals surface area contributed by atoms with Crippen LogP contribution in [0.3, 0.4) is 0 Å². The van der Waals surface area contributed by atoms with Crippen molar-refractivity contribution in [2.75, 3.05) is 0 Å². The number of nitrogens with zero attached hydrogens (tertiary/aromatic N) is 1. The average molecular weight is 291 g/mol. The van der Waals surface area contributed by atoms with Crippen LogP contribution in [0.25, 0.3) is 0 Å². The highest BCUT2D eigenvalue weighted by molar-refractivity contribution is 5.70. The van der Waals surface area contributed by atoms with Crippen LogP contribution in [0.4, 0.5) is 4.79 Å². The third-order valence-electron chi connectivity index (χ3n) is 4.23. The molecule has 1 saturated heterocycles. The summed E-state index contributed by atoms with van der Waals surface area (Å²) < 4.78 is 5.55. The fourth-order valence-corrected chi connectivity index (χ4v) is 3.34. The molecule has 3 nitrogen and oxygen atoms in total. The highest BCUT2D eigenvalue weighted by atomic mass is 16.6. The van der Waals surface area contributed by atoms with Crippen LogP contribution in [0.2, 0.25) is 0 Å². The van der Waals surface area contributed by atoms with Crippen molar-refractivity contribution in [2.24, 2.45) is 0 Å². The molecular weight excluding hydrogens is 262 g/mol. The van der Waals surface area contributed by atoms with E-state index in [0.29, 0.717) is 6.04 Å². The molecule has 2 bridgehead atoms. The largest absolute Gasteiger partial charge is 0.444 e. The Kier molecular flexibility index (Phi) is 5.13. The molecule has 2 unspecified atom stereocenters. The first-order valence-electron chi connectivity index (χ1n) is 8.22. The van der Waals surface area contributed by atoms with Gasteiger partial charge in [0, 0.05) is 6.04 Å². The summed E-state index contributed by atoms with van der Waals surface area (Å²) in [5, 5.41) is 0. The first-order chi connectivity index (χ1) is 9.90. The molecule has 0 aliphatic carbocycles. The van der Waals surface area contributed by atoms with E-state index in [1.165, 1.54) is 24.8 Å². The van der Waals surface area contributed by atoms with E-state index >= 15 is 0 Å². The second-order valence-corrected chi connectivity index (χ2v) is 7.25. The van der Waals surface area contributed by atoms with E-state index in [0.717, 1.165) is 25.7 Å². The van der Waals surface area contributed by atoms with Crippen molar-refractivity contribution in [3.8, 4) is 0 Å². The summed E-state index contributed by atoms with van der Waals surface area (Å²) in [6, 6.07) is 0.609. The Balaban J connectivity index is 1.92. The SMILES string of the molecule is C=CCCCCC1=CC2CCC(C1)N2C(=O)OC(C)(C)C. The molecule has 1 fully saturated rings. The van der Waals surface area contributed by atoms with E-state index in [9.17, 15) is 4.79 Å². The number of carbonyl (C=O) groups is 1. The van der Waals surface area contributed by atoms with E-state index in [4.69, 9.17) is 4.74 Å². The minimum atomic E-state index is -0.412. The van der Waals surface area contributed by atoms with E-state index < -0.39 is 5.60 Å². The fourth-order valence-electron chi connectivity index (χ4n) is 3.34. The van der Waals surface area contributed by atoms with Crippen LogP contribution in [0.1, 0.15) is 65.7 Å². The lowest BCUT2D eigenvalue weighted by atomic mass is 9.96. The maximum absolute atomic E-state index is 12.3. The molecule has 2 rings (SSSR count). The minimum absolute atomic E-state index is 0.142. The van der Waals surface area contributed by atoms with E-state index in [2.05, 4.69) is 12.7 Å². The molecule has 0 N–H and O–H groups in total. The van der Waals surface area contributed by atoms with Crippen molar-refractivity contribution < 1.29 is 9.53 Å². The molecule has 0 radical (unpaired) electrons. The highest BCUT2D eigenvalue weighted by Crippen LogP contribution is 2.37. The van der Waals surface area contributed by atoms with Gasteiger partial charge in [-0.3, -0.25) is 4.90 Å². The van der Waals surface area contributed by atoms with Gasteiger partial charge in [-0.2, -0.15) is 0 Å². The molecule has 3 heteroatoms. The lowest BCUT2D eigenvalue weighted by Gasteiger charge is -2.35. The predicted octanol–water partition coefficient (Wildman–Crippen LogP) is 4.83. The third kappa shape index (κ3) is 4.36. The number of fused-ring (bicyclic) bond motifs is 2. The van der Waals surface area contributed by atoms with Crippen molar-refractivity contribution in [1.82, 2.24) is 4.90 Å². The van der Waals surface area contributed by atoms with Gasteiger partial charge >= 0.3 is 6.09 Å². The number of allylic oxidation sites excluding steroid dienone is 1. The van der Waals surface area contributed by atoms with Crippen LogP contribution in [-0.4, -0.2) is 28.7 Å². The van der Waals surface area contributed by atoms with Gasteiger partial charge in [0.25, 0.3) is 0 Å². The average Bonchev–Trinajstić information content (AvgIpc) is 2.65. The zero-order chi connectivity index (χ0) is 15.5. The van der Waals surface area contributed by atoms with E-state index in [-0.39, 0.29) is 12.1 Å². The summed E-state index contributed by atoms with van der Waals surface area (Å²) in [7, 11) is 0. The predicted molar refractivity (Wildman–Crippen MR) is 86.2 cm³/mol. The Hall–Kier alpha value is -1.25. The molecule has 2 heterocycles. The smallest absolute Gasteiger partial charge is 0.411 e. The highest BCUT2D eigenvalue weighted by Gasteiger charge is 2.41. The minimum Gasteiger partial charge on any atom is -0.444 e. The number of carbonyl (C=O) groups excluding carboxylic acids is 1. The van der Waals surface area contributed by atoms with Crippen LogP contribution >= 0.6 is 0 Å². The zero-order valence-electron chi connectivity index (χ0n) is 13.7. The Bertz CT molecular complexity index is 419. The summed E-state index contributed by atoms with van der Waals surface area (Å²) in [5.41, 5.74) is 1.12. The summed E-state index contributed by atoms with van der Waals surface area (Å²) >= 11 is 0. The third-order valence-corrected chi connectivity index (χ3v) is 4.23. The lowest BCUT2D eigenvalue weighted by molar-refractivity contribution is 0.0166. The molecule has 0 saturated carbocycles. The number of hydrogen-bond acceptors (Lipinski definition) is 2. The van der Waals surface area contributed by atoms with Crippen molar-refractivity contribution in [3.05, 3.63) is 24.3 Å². The second kappa shape index (κ2) is 6.67. The number of ether oxygens (including phenoxy) is 1. The molecule has 1 amide bonds. The van der Waals surface area contributed by atoms with Gasteiger partial charge in [0.1, 0.15) is 5.60 Å². The van der Waals surface area contributed by atoms with Crippen molar-refractivity contribution in [2.45, 2.75) is 83.4 Å². The van der Waals surface area contributed by atoms with Crippen LogP contribution in [0.5, 0.6) is 0 Å². The summed E-state index contributed by atoms with van der Waals surface area (Å²) in [6.45, 7) is 9.55. The van der Waals surface area contributed by atoms with Gasteiger partial charge in [0.2, 0.25) is 0 Å². The Morgan fingerprint density at radius 2 is 2.19 bits per heavy atom. The maximum Gasteiger partial charge on any atom is 0.411 e. The van der Waals surface area contributed by atoms with Gasteiger partial charge < -0.3 is 4.74 Å². The number of unbranched alkanes of at least 4 members (excludes halogenated alkanes) is 2. The fraction of sp³-hybridized carbons (Fsp3) is 0.722. The van der Waals surface area contributed by atoms with Crippen LogP contribution < -0.4 is 0 Å². The van der Waals surface area contributed by atoms with Crippen molar-refractivity contribution in [3.63, 3.8) is 0 Å². The molecule has 0 aromatic rings. The molecule has 0 aromatic heterocycles. The quantitative estimate of drug-likeness (QED) is 0.536. The number of hydrogen-bond donors (Lipinski definition) is 0. The number of amides is 1. The van der Waals surface area contributed by atoms with E-state index in [1.54, 1.807) is 0 Å². The monoisotopic (exact) mass is 291 g/mol. The molecule has 2 aliphatic heterocycles. The summed E-state index contributed by atoms with van der Waals surface area (Å²) in [5.74, 6) is 0. The molecule has 2 atom stereocenters. The van der Waals surface area contributed by atoms with Crippen molar-refractivity contribution in [1.29, 1.82) is 0 Å². The Morgan fingerprint density at radius 3 is 2.81 bits per heavy atom. The molecule has 118 valence electrons. The van der Waals surface area contributed by atoms with Gasteiger partial charge in [-0.1, -0.05) is 17.7 Å². The van der Waals surface area contributed by atoms with Gasteiger partial charge in [0.15, 0.2) is 0 Å². The Morgan fingerprint density at radius 1 is 1.43 bits per heavy atom. The topological polar surface area (TPSA) is 29.5 Å². The summed E-state index contributed by atoms with van der Waals surface area (Å²) in [6.07, 6.45) is 12.1. The standard InChI is InChI=1S/C18H29NO2/c1-5-6-7-8-9-14-12-15-10-11-16(13-14)19(15)17(20)21-18(2,3)4/h5,12,15-16H,1,6-11,13H2,2-4H3. The summed E-state index contributed by atoms with van der Waals surface area (Å²) in [4.78, 5) is 14.3. The molecule has 21 heavy (non-hydrogen) atoms. The van der Waals surface area contributed by atoms with Crippen LogP contribution in [-0.2, 0) is 4.74 Å². The van der Waals surface area contributed by atoms with Gasteiger partial charge in [-0.05, 0) is 65.7 Å². The van der Waals surface area contributed by atoms with E-state index in [1.807, 2.05) is 31.7 Å². The van der Waals surface area contributed by atoms with Gasteiger partial charge in [-0.15, -0.1) is 6.58 Å². The zero-order valence-corrected chi connectivity index (χ0v) is 13.7. The van der Waals surface area contributed by atoms with Crippen LogP contribution in [0.15, 0.2) is 24.3 Å². The van der Waals surface area contributed by atoms with Crippen molar-refractivity contribution >= 4 is 6.09 Å². The first kappa shape index (κ1) is 16.1. The molecule has 0 spiro atoms.